The van der Waals surface area contributed by atoms with E-state index in [1.54, 1.807) is 11.8 Å². The predicted molar refractivity (Wildman–Crippen MR) is 71.5 cm³/mol. The number of carbonyl (C=O) groups excluding carboxylic acids is 2. The molecule has 1 rings (SSSR count). The SMILES string of the molecule is COC(=O)C(Cc1cccc(SC)c1)NC(C)=O. The van der Waals surface area contributed by atoms with Gasteiger partial charge in [-0.15, -0.1) is 11.8 Å². The van der Waals surface area contributed by atoms with Crippen molar-refractivity contribution in [3.8, 4) is 0 Å². The van der Waals surface area contributed by atoms with Gasteiger partial charge in [-0.25, -0.2) is 4.79 Å². The first-order valence-electron chi connectivity index (χ1n) is 5.54. The molecule has 0 heterocycles. The van der Waals surface area contributed by atoms with E-state index in [1.165, 1.54) is 14.0 Å². The zero-order chi connectivity index (χ0) is 13.5. The van der Waals surface area contributed by atoms with Gasteiger partial charge in [0.2, 0.25) is 5.91 Å². The molecule has 1 N–H and O–H groups in total. The van der Waals surface area contributed by atoms with Crippen LogP contribution in [0, 0.1) is 0 Å². The molecular formula is C13H17NO3S. The lowest BCUT2D eigenvalue weighted by Crippen LogP contribution is -2.41. The van der Waals surface area contributed by atoms with Crippen molar-refractivity contribution < 1.29 is 14.3 Å². The highest BCUT2D eigenvalue weighted by Crippen LogP contribution is 2.17. The summed E-state index contributed by atoms with van der Waals surface area (Å²) in [5.41, 5.74) is 0.992. The zero-order valence-corrected chi connectivity index (χ0v) is 11.5. The fourth-order valence-electron chi connectivity index (χ4n) is 1.62. The topological polar surface area (TPSA) is 55.4 Å². The Hall–Kier alpha value is -1.49. The summed E-state index contributed by atoms with van der Waals surface area (Å²) in [5, 5.41) is 2.60. The highest BCUT2D eigenvalue weighted by Gasteiger charge is 2.20. The number of carbonyl (C=O) groups is 2. The van der Waals surface area contributed by atoms with Crippen LogP contribution < -0.4 is 5.32 Å². The van der Waals surface area contributed by atoms with Gasteiger partial charge in [-0.3, -0.25) is 4.79 Å². The molecule has 1 unspecified atom stereocenters. The van der Waals surface area contributed by atoms with E-state index in [0.29, 0.717) is 6.42 Å². The minimum atomic E-state index is -0.635. The Bertz CT molecular complexity index is 434. The summed E-state index contributed by atoms with van der Waals surface area (Å²) in [6, 6.07) is 7.23. The number of nitrogens with one attached hydrogen (secondary N) is 1. The summed E-state index contributed by atoms with van der Waals surface area (Å²) in [6.07, 6.45) is 2.42. The molecule has 1 aromatic carbocycles. The van der Waals surface area contributed by atoms with Crippen LogP contribution >= 0.6 is 11.8 Å². The van der Waals surface area contributed by atoms with E-state index in [4.69, 9.17) is 0 Å². The maximum absolute atomic E-state index is 11.6. The Balaban J connectivity index is 2.81. The molecule has 18 heavy (non-hydrogen) atoms. The van der Waals surface area contributed by atoms with Crippen LogP contribution in [0.1, 0.15) is 12.5 Å². The smallest absolute Gasteiger partial charge is 0.328 e. The van der Waals surface area contributed by atoms with Gasteiger partial charge in [0, 0.05) is 18.2 Å². The van der Waals surface area contributed by atoms with Gasteiger partial charge in [-0.1, -0.05) is 12.1 Å². The van der Waals surface area contributed by atoms with Crippen LogP contribution in [-0.4, -0.2) is 31.3 Å². The molecule has 0 aliphatic carbocycles. The van der Waals surface area contributed by atoms with E-state index in [0.717, 1.165) is 10.5 Å². The second kappa shape index (κ2) is 7.06. The summed E-state index contributed by atoms with van der Waals surface area (Å²) >= 11 is 1.63. The molecule has 0 aromatic heterocycles. The summed E-state index contributed by atoms with van der Waals surface area (Å²) in [6.45, 7) is 1.38. The highest BCUT2D eigenvalue weighted by molar-refractivity contribution is 7.98. The van der Waals surface area contributed by atoms with Crippen LogP contribution in [0.4, 0.5) is 0 Å². The summed E-state index contributed by atoms with van der Waals surface area (Å²) in [4.78, 5) is 23.8. The Labute approximate surface area is 111 Å². The van der Waals surface area contributed by atoms with Crippen molar-refractivity contribution in [2.75, 3.05) is 13.4 Å². The van der Waals surface area contributed by atoms with Gasteiger partial charge >= 0.3 is 5.97 Å². The van der Waals surface area contributed by atoms with Crippen molar-refractivity contribution in [1.82, 2.24) is 5.32 Å². The van der Waals surface area contributed by atoms with Crippen LogP contribution in [0.5, 0.6) is 0 Å². The number of benzene rings is 1. The normalized spacial score (nSPS) is 11.7. The Morgan fingerprint density at radius 2 is 2.17 bits per heavy atom. The number of methoxy groups -OCH3 is 1. The molecule has 1 atom stereocenters. The predicted octanol–water partition coefficient (Wildman–Crippen LogP) is 1.63. The number of hydrogen-bond donors (Lipinski definition) is 1. The van der Waals surface area contributed by atoms with Crippen molar-refractivity contribution in [3.05, 3.63) is 29.8 Å². The molecular weight excluding hydrogens is 250 g/mol. The van der Waals surface area contributed by atoms with Crippen molar-refractivity contribution in [1.29, 1.82) is 0 Å². The molecule has 0 bridgehead atoms. The van der Waals surface area contributed by atoms with Gasteiger partial charge in [0.15, 0.2) is 0 Å². The van der Waals surface area contributed by atoms with E-state index >= 15 is 0 Å². The van der Waals surface area contributed by atoms with Gasteiger partial charge in [0.05, 0.1) is 7.11 Å². The molecule has 1 amide bonds. The van der Waals surface area contributed by atoms with Crippen LogP contribution in [0.15, 0.2) is 29.2 Å². The third-order valence-corrected chi connectivity index (χ3v) is 3.16. The van der Waals surface area contributed by atoms with Crippen LogP contribution in [0.25, 0.3) is 0 Å². The Kier molecular flexibility index (Phi) is 5.71. The van der Waals surface area contributed by atoms with Gasteiger partial charge in [0.1, 0.15) is 6.04 Å². The first-order valence-corrected chi connectivity index (χ1v) is 6.77. The van der Waals surface area contributed by atoms with Gasteiger partial charge < -0.3 is 10.1 Å². The van der Waals surface area contributed by atoms with Gasteiger partial charge in [-0.2, -0.15) is 0 Å². The molecule has 4 nitrogen and oxygen atoms in total. The van der Waals surface area contributed by atoms with Crippen LogP contribution in [0.3, 0.4) is 0 Å². The van der Waals surface area contributed by atoms with E-state index in [-0.39, 0.29) is 5.91 Å². The number of rotatable bonds is 5. The second-order valence-electron chi connectivity index (χ2n) is 3.83. The highest BCUT2D eigenvalue weighted by atomic mass is 32.2. The third kappa shape index (κ3) is 4.41. The van der Waals surface area contributed by atoms with Crippen molar-refractivity contribution in [2.24, 2.45) is 0 Å². The minimum Gasteiger partial charge on any atom is -0.467 e. The fourth-order valence-corrected chi connectivity index (χ4v) is 2.10. The average Bonchev–Trinajstić information content (AvgIpc) is 2.36. The quantitative estimate of drug-likeness (QED) is 0.651. The lowest BCUT2D eigenvalue weighted by atomic mass is 10.1. The molecule has 0 spiro atoms. The van der Waals surface area contributed by atoms with E-state index in [1.807, 2.05) is 30.5 Å². The van der Waals surface area contributed by atoms with Crippen LogP contribution in [0.2, 0.25) is 0 Å². The monoisotopic (exact) mass is 267 g/mol. The maximum atomic E-state index is 11.6. The molecule has 0 saturated heterocycles. The average molecular weight is 267 g/mol. The number of hydrogen-bond acceptors (Lipinski definition) is 4. The minimum absolute atomic E-state index is 0.244. The summed E-state index contributed by atoms with van der Waals surface area (Å²) < 4.78 is 4.68. The Morgan fingerprint density at radius 3 is 2.72 bits per heavy atom. The molecule has 0 saturated carbocycles. The first-order chi connectivity index (χ1) is 8.56. The Morgan fingerprint density at radius 1 is 1.44 bits per heavy atom. The lowest BCUT2D eigenvalue weighted by Gasteiger charge is -2.15. The first kappa shape index (κ1) is 14.6. The van der Waals surface area contributed by atoms with E-state index < -0.39 is 12.0 Å². The van der Waals surface area contributed by atoms with Gasteiger partial charge in [-0.05, 0) is 24.0 Å². The fraction of sp³-hybridized carbons (Fsp3) is 0.385. The molecule has 1 aromatic rings. The molecule has 5 heteroatoms. The molecule has 0 aliphatic rings. The number of esters is 1. The second-order valence-corrected chi connectivity index (χ2v) is 4.71. The van der Waals surface area contributed by atoms with E-state index in [2.05, 4.69) is 10.1 Å². The number of amides is 1. The summed E-state index contributed by atoms with van der Waals surface area (Å²) in [7, 11) is 1.31. The van der Waals surface area contributed by atoms with Gasteiger partial charge in [0.25, 0.3) is 0 Å². The molecule has 0 fully saturated rings. The van der Waals surface area contributed by atoms with Crippen LogP contribution in [-0.2, 0) is 20.7 Å². The summed E-state index contributed by atoms with van der Waals surface area (Å²) in [5.74, 6) is -0.675. The molecule has 0 radical (unpaired) electrons. The van der Waals surface area contributed by atoms with E-state index in [9.17, 15) is 9.59 Å². The standard InChI is InChI=1S/C13H17NO3S/c1-9(15)14-12(13(16)17-2)8-10-5-4-6-11(7-10)18-3/h4-7,12H,8H2,1-3H3,(H,14,15). The van der Waals surface area contributed by atoms with Crippen molar-refractivity contribution >= 4 is 23.6 Å². The number of ether oxygens (including phenoxy) is 1. The zero-order valence-electron chi connectivity index (χ0n) is 10.7. The number of thioether (sulfide) groups is 1. The lowest BCUT2D eigenvalue weighted by molar-refractivity contribution is -0.144. The van der Waals surface area contributed by atoms with Crippen molar-refractivity contribution in [2.45, 2.75) is 24.3 Å². The molecule has 98 valence electrons. The third-order valence-electron chi connectivity index (χ3n) is 2.44. The maximum Gasteiger partial charge on any atom is 0.328 e. The molecule has 0 aliphatic heterocycles. The van der Waals surface area contributed by atoms with Crippen molar-refractivity contribution in [3.63, 3.8) is 0 Å². The largest absolute Gasteiger partial charge is 0.467 e.